The lowest BCUT2D eigenvalue weighted by Crippen LogP contribution is -2.42. The highest BCUT2D eigenvalue weighted by atomic mass is 16.5. The first-order valence-corrected chi connectivity index (χ1v) is 7.27. The summed E-state index contributed by atoms with van der Waals surface area (Å²) in [6, 6.07) is 0.299. The molecule has 2 N–H and O–H groups in total. The van der Waals surface area contributed by atoms with Crippen molar-refractivity contribution in [3.05, 3.63) is 0 Å². The Kier molecular flexibility index (Phi) is 5.01. The number of hydrogen-bond acceptors (Lipinski definition) is 3. The number of likely N-dealkylation sites (N-methyl/N-ethyl adjacent to an activating group) is 1. The fraction of sp³-hybridized carbons (Fsp3) is 0.929. The molecular formula is C14H26N2O2. The van der Waals surface area contributed by atoms with Gasteiger partial charge in [0, 0.05) is 19.6 Å². The number of ether oxygens (including phenoxy) is 1. The maximum atomic E-state index is 12.5. The van der Waals surface area contributed by atoms with Gasteiger partial charge in [-0.2, -0.15) is 0 Å². The van der Waals surface area contributed by atoms with Crippen molar-refractivity contribution in [1.29, 1.82) is 0 Å². The number of nitrogens with zero attached hydrogens (tertiary/aromatic N) is 1. The molecule has 104 valence electrons. The van der Waals surface area contributed by atoms with Crippen LogP contribution in [0.1, 0.15) is 38.5 Å². The Morgan fingerprint density at radius 3 is 2.89 bits per heavy atom. The summed E-state index contributed by atoms with van der Waals surface area (Å²) in [5, 5.41) is 0. The third-order valence-electron chi connectivity index (χ3n) is 4.51. The minimum Gasteiger partial charge on any atom is -0.379 e. The predicted molar refractivity (Wildman–Crippen MR) is 71.1 cm³/mol. The summed E-state index contributed by atoms with van der Waals surface area (Å²) in [6.07, 6.45) is 6.57. The summed E-state index contributed by atoms with van der Waals surface area (Å²) in [7, 11) is 1.94. The molecule has 4 nitrogen and oxygen atoms in total. The summed E-state index contributed by atoms with van der Waals surface area (Å²) in [4.78, 5) is 14.4. The zero-order valence-electron chi connectivity index (χ0n) is 11.4. The van der Waals surface area contributed by atoms with E-state index in [-0.39, 0.29) is 5.92 Å². The van der Waals surface area contributed by atoms with Crippen LogP contribution in [0.4, 0.5) is 0 Å². The van der Waals surface area contributed by atoms with Gasteiger partial charge in [-0.15, -0.1) is 0 Å². The van der Waals surface area contributed by atoms with E-state index < -0.39 is 0 Å². The van der Waals surface area contributed by atoms with E-state index in [0.29, 0.717) is 24.5 Å². The summed E-state index contributed by atoms with van der Waals surface area (Å²) in [5.41, 5.74) is 5.63. The molecule has 0 bridgehead atoms. The number of rotatable bonds is 4. The van der Waals surface area contributed by atoms with E-state index >= 15 is 0 Å². The Labute approximate surface area is 110 Å². The van der Waals surface area contributed by atoms with Crippen LogP contribution in [0, 0.1) is 11.8 Å². The Morgan fingerprint density at radius 1 is 1.39 bits per heavy atom. The van der Waals surface area contributed by atoms with Crippen LogP contribution in [0.15, 0.2) is 0 Å². The molecule has 3 unspecified atom stereocenters. The SMILES string of the molecule is CN(C(=O)C1CCCC(CCN)C1)C1CCOC1. The smallest absolute Gasteiger partial charge is 0.225 e. The van der Waals surface area contributed by atoms with Gasteiger partial charge in [0.15, 0.2) is 0 Å². The first kappa shape index (κ1) is 13.8. The Hall–Kier alpha value is -0.610. The molecule has 1 saturated carbocycles. The highest BCUT2D eigenvalue weighted by molar-refractivity contribution is 5.79. The summed E-state index contributed by atoms with van der Waals surface area (Å²) in [6.45, 7) is 2.25. The van der Waals surface area contributed by atoms with Crippen LogP contribution < -0.4 is 5.73 Å². The van der Waals surface area contributed by atoms with Gasteiger partial charge in [0.05, 0.1) is 12.6 Å². The van der Waals surface area contributed by atoms with Gasteiger partial charge in [-0.1, -0.05) is 12.8 Å². The molecule has 2 aliphatic rings. The quantitative estimate of drug-likeness (QED) is 0.825. The molecule has 0 aromatic heterocycles. The number of nitrogens with two attached hydrogens (primary N) is 1. The van der Waals surface area contributed by atoms with Gasteiger partial charge in [0.1, 0.15) is 0 Å². The van der Waals surface area contributed by atoms with Crippen LogP contribution in [0.5, 0.6) is 0 Å². The fourth-order valence-corrected chi connectivity index (χ4v) is 3.31. The topological polar surface area (TPSA) is 55.6 Å². The molecule has 1 aliphatic carbocycles. The zero-order valence-corrected chi connectivity index (χ0v) is 11.4. The first-order valence-electron chi connectivity index (χ1n) is 7.27. The lowest BCUT2D eigenvalue weighted by atomic mass is 9.79. The average molecular weight is 254 g/mol. The van der Waals surface area contributed by atoms with Gasteiger partial charge in [-0.25, -0.2) is 0 Å². The van der Waals surface area contributed by atoms with Gasteiger partial charge >= 0.3 is 0 Å². The monoisotopic (exact) mass is 254 g/mol. The van der Waals surface area contributed by atoms with E-state index in [0.717, 1.165) is 38.8 Å². The normalized spacial score (nSPS) is 32.4. The van der Waals surface area contributed by atoms with Crippen molar-refractivity contribution in [2.24, 2.45) is 17.6 Å². The Balaban J connectivity index is 1.87. The number of carbonyl (C=O) groups is 1. The molecule has 0 aromatic rings. The van der Waals surface area contributed by atoms with Crippen molar-refractivity contribution in [1.82, 2.24) is 4.90 Å². The number of amides is 1. The van der Waals surface area contributed by atoms with Gasteiger partial charge in [0.25, 0.3) is 0 Å². The second kappa shape index (κ2) is 6.53. The zero-order chi connectivity index (χ0) is 13.0. The standard InChI is InChI=1S/C14H26N2O2/c1-16(13-6-8-18-10-13)14(17)12-4-2-3-11(9-12)5-7-15/h11-13H,2-10,15H2,1H3. The highest BCUT2D eigenvalue weighted by Crippen LogP contribution is 2.32. The minimum absolute atomic E-state index is 0.223. The molecule has 3 atom stereocenters. The van der Waals surface area contributed by atoms with Gasteiger partial charge in [0.2, 0.25) is 5.91 Å². The lowest BCUT2D eigenvalue weighted by Gasteiger charge is -2.33. The molecule has 0 radical (unpaired) electrons. The van der Waals surface area contributed by atoms with Crippen molar-refractivity contribution >= 4 is 5.91 Å². The summed E-state index contributed by atoms with van der Waals surface area (Å²) >= 11 is 0. The van der Waals surface area contributed by atoms with Crippen molar-refractivity contribution in [2.45, 2.75) is 44.6 Å². The second-order valence-electron chi connectivity index (χ2n) is 5.77. The van der Waals surface area contributed by atoms with E-state index in [1.54, 1.807) is 0 Å². The van der Waals surface area contributed by atoms with Crippen LogP contribution >= 0.6 is 0 Å². The van der Waals surface area contributed by atoms with E-state index in [4.69, 9.17) is 10.5 Å². The maximum Gasteiger partial charge on any atom is 0.225 e. The molecule has 1 amide bonds. The molecule has 18 heavy (non-hydrogen) atoms. The predicted octanol–water partition coefficient (Wildman–Crippen LogP) is 1.39. The van der Waals surface area contributed by atoms with E-state index in [2.05, 4.69) is 0 Å². The van der Waals surface area contributed by atoms with Crippen LogP contribution in [0.3, 0.4) is 0 Å². The largest absolute Gasteiger partial charge is 0.379 e. The third-order valence-corrected chi connectivity index (χ3v) is 4.51. The van der Waals surface area contributed by atoms with Gasteiger partial charge in [-0.05, 0) is 38.1 Å². The van der Waals surface area contributed by atoms with Gasteiger partial charge < -0.3 is 15.4 Å². The van der Waals surface area contributed by atoms with E-state index in [1.165, 1.54) is 12.8 Å². The Morgan fingerprint density at radius 2 is 2.22 bits per heavy atom. The van der Waals surface area contributed by atoms with Crippen LogP contribution in [-0.2, 0) is 9.53 Å². The maximum absolute atomic E-state index is 12.5. The molecule has 2 fully saturated rings. The second-order valence-corrected chi connectivity index (χ2v) is 5.77. The Bertz CT molecular complexity index is 275. The van der Waals surface area contributed by atoms with Crippen molar-refractivity contribution in [2.75, 3.05) is 26.8 Å². The van der Waals surface area contributed by atoms with E-state index in [1.807, 2.05) is 11.9 Å². The molecule has 0 aromatic carbocycles. The van der Waals surface area contributed by atoms with Crippen molar-refractivity contribution in [3.63, 3.8) is 0 Å². The molecular weight excluding hydrogens is 228 g/mol. The van der Waals surface area contributed by atoms with Crippen LogP contribution in [-0.4, -0.2) is 43.7 Å². The van der Waals surface area contributed by atoms with E-state index in [9.17, 15) is 4.79 Å². The summed E-state index contributed by atoms with van der Waals surface area (Å²) < 4.78 is 5.36. The van der Waals surface area contributed by atoms with Crippen LogP contribution in [0.2, 0.25) is 0 Å². The lowest BCUT2D eigenvalue weighted by molar-refractivity contribution is -0.138. The molecule has 0 spiro atoms. The fourth-order valence-electron chi connectivity index (χ4n) is 3.31. The van der Waals surface area contributed by atoms with Crippen molar-refractivity contribution < 1.29 is 9.53 Å². The molecule has 1 saturated heterocycles. The summed E-state index contributed by atoms with van der Waals surface area (Å²) in [5.74, 6) is 1.21. The van der Waals surface area contributed by atoms with Crippen molar-refractivity contribution in [3.8, 4) is 0 Å². The average Bonchev–Trinajstić information content (AvgIpc) is 2.91. The molecule has 1 aliphatic heterocycles. The first-order chi connectivity index (χ1) is 8.72. The van der Waals surface area contributed by atoms with Crippen LogP contribution in [0.25, 0.3) is 0 Å². The number of carbonyl (C=O) groups excluding carboxylic acids is 1. The molecule has 4 heteroatoms. The number of hydrogen-bond donors (Lipinski definition) is 1. The third kappa shape index (κ3) is 3.23. The minimum atomic E-state index is 0.223. The highest BCUT2D eigenvalue weighted by Gasteiger charge is 2.32. The molecule has 2 rings (SSSR count). The molecule has 1 heterocycles. The van der Waals surface area contributed by atoms with Gasteiger partial charge in [-0.3, -0.25) is 4.79 Å².